The molecule has 0 radical (unpaired) electrons. The molecule has 0 aromatic heterocycles. The molecule has 11 heteroatoms. The molecule has 1 aliphatic rings. The molecule has 1 aliphatic heterocycles. The first-order valence-corrected chi connectivity index (χ1v) is 25.4. The first kappa shape index (κ1) is 57.1. The fourth-order valence-corrected chi connectivity index (χ4v) is 8.44. The molecule has 1 rings (SSSR count). The van der Waals surface area contributed by atoms with Crippen LogP contribution >= 0.6 is 0 Å². The summed E-state index contributed by atoms with van der Waals surface area (Å²) in [7, 11) is 0. The standard InChI is InChI=1S/C49H97NO10/c1-3-5-7-9-11-13-14-15-16-17-18-19-20-21-22-23-24-25-26-27-29-30-32-34-36-41(52)44(54)40(39-59-49-47(57)46(56)45(55)43(38-51)60-49)50-48(58)42(53)37-35-33-31-28-12-10-8-6-4-2/h40-47,49,51-57H,3-39H2,1-2H3,(H,50,58). The minimum atomic E-state index is -1.66. The van der Waals surface area contributed by atoms with Gasteiger partial charge in [0.15, 0.2) is 6.29 Å². The largest absolute Gasteiger partial charge is 0.394 e. The summed E-state index contributed by atoms with van der Waals surface area (Å²) in [5.41, 5.74) is 0. The number of unbranched alkanes of at least 4 members (excludes halogenated alkanes) is 31. The first-order valence-electron chi connectivity index (χ1n) is 25.4. The summed E-state index contributed by atoms with van der Waals surface area (Å²) in [6.07, 6.45) is 30.3. The lowest BCUT2D eigenvalue weighted by Crippen LogP contribution is -2.60. The van der Waals surface area contributed by atoms with Gasteiger partial charge in [0, 0.05) is 0 Å². The van der Waals surface area contributed by atoms with E-state index in [4.69, 9.17) is 9.47 Å². The maximum absolute atomic E-state index is 13.0. The number of ether oxygens (including phenoxy) is 2. The Kier molecular flexibility index (Phi) is 37.8. The summed E-state index contributed by atoms with van der Waals surface area (Å²) in [6, 6.07) is -1.16. The van der Waals surface area contributed by atoms with E-state index < -0.39 is 74.2 Å². The molecule has 0 saturated carbocycles. The van der Waals surface area contributed by atoms with Gasteiger partial charge in [-0.3, -0.25) is 4.79 Å². The van der Waals surface area contributed by atoms with Crippen molar-refractivity contribution < 1.29 is 50.0 Å². The maximum atomic E-state index is 13.0. The molecule has 0 aromatic rings. The SMILES string of the molecule is CCCCCCCCCCCCCCCCCCCCCCCCCCC(O)C(O)C(COC1OC(CO)C(O)C(O)C1O)NC(=O)C(O)CCCCCCCCCCC. The fraction of sp³-hybridized carbons (Fsp3) is 0.980. The monoisotopic (exact) mass is 860 g/mol. The summed E-state index contributed by atoms with van der Waals surface area (Å²) < 4.78 is 11.1. The molecule has 60 heavy (non-hydrogen) atoms. The second kappa shape index (κ2) is 39.7. The van der Waals surface area contributed by atoms with Crippen LogP contribution in [0.2, 0.25) is 0 Å². The molecule has 1 heterocycles. The van der Waals surface area contributed by atoms with E-state index in [1.54, 1.807) is 0 Å². The van der Waals surface area contributed by atoms with Crippen molar-refractivity contribution in [1.82, 2.24) is 5.32 Å². The number of carbonyl (C=O) groups excluding carboxylic acids is 1. The highest BCUT2D eigenvalue weighted by atomic mass is 16.7. The second-order valence-electron chi connectivity index (χ2n) is 18.3. The Morgan fingerprint density at radius 2 is 0.867 bits per heavy atom. The van der Waals surface area contributed by atoms with Crippen molar-refractivity contribution in [1.29, 1.82) is 0 Å². The Morgan fingerprint density at radius 3 is 1.23 bits per heavy atom. The van der Waals surface area contributed by atoms with Gasteiger partial charge in [0.1, 0.15) is 36.6 Å². The zero-order valence-electron chi connectivity index (χ0n) is 38.7. The number of aliphatic hydroxyl groups is 7. The van der Waals surface area contributed by atoms with Crippen LogP contribution in [0.25, 0.3) is 0 Å². The van der Waals surface area contributed by atoms with Crippen LogP contribution in [0.1, 0.15) is 239 Å². The predicted molar refractivity (Wildman–Crippen MR) is 243 cm³/mol. The maximum Gasteiger partial charge on any atom is 0.249 e. The van der Waals surface area contributed by atoms with E-state index in [1.165, 1.54) is 161 Å². The van der Waals surface area contributed by atoms with Crippen molar-refractivity contribution in [2.75, 3.05) is 13.2 Å². The number of hydrogen-bond donors (Lipinski definition) is 8. The second-order valence-corrected chi connectivity index (χ2v) is 18.3. The number of rotatable bonds is 43. The van der Waals surface area contributed by atoms with Crippen LogP contribution in [0, 0.1) is 0 Å². The van der Waals surface area contributed by atoms with E-state index in [0.29, 0.717) is 19.3 Å². The van der Waals surface area contributed by atoms with Crippen LogP contribution in [-0.2, 0) is 14.3 Å². The molecule has 8 N–H and O–H groups in total. The Hall–Kier alpha value is -0.890. The van der Waals surface area contributed by atoms with Gasteiger partial charge in [-0.25, -0.2) is 0 Å². The molecular weight excluding hydrogens is 763 g/mol. The molecule has 9 unspecified atom stereocenters. The minimum absolute atomic E-state index is 0.264. The third-order valence-corrected chi connectivity index (χ3v) is 12.7. The lowest BCUT2D eigenvalue weighted by Gasteiger charge is -2.40. The van der Waals surface area contributed by atoms with Crippen LogP contribution < -0.4 is 5.32 Å². The normalized spacial score (nSPS) is 21.5. The summed E-state index contributed by atoms with van der Waals surface area (Å²) in [4.78, 5) is 13.0. The van der Waals surface area contributed by atoms with Crippen molar-refractivity contribution in [2.24, 2.45) is 0 Å². The average Bonchev–Trinajstić information content (AvgIpc) is 3.25. The highest BCUT2D eigenvalue weighted by Crippen LogP contribution is 2.23. The molecule has 9 atom stereocenters. The Labute approximate surface area is 367 Å². The van der Waals surface area contributed by atoms with Crippen molar-refractivity contribution in [2.45, 2.75) is 294 Å². The average molecular weight is 860 g/mol. The van der Waals surface area contributed by atoms with E-state index in [-0.39, 0.29) is 6.42 Å². The van der Waals surface area contributed by atoms with Crippen molar-refractivity contribution in [3.8, 4) is 0 Å². The van der Waals surface area contributed by atoms with Gasteiger partial charge in [0.2, 0.25) is 5.91 Å². The van der Waals surface area contributed by atoms with Crippen LogP contribution in [0.15, 0.2) is 0 Å². The van der Waals surface area contributed by atoms with E-state index in [2.05, 4.69) is 19.2 Å². The third-order valence-electron chi connectivity index (χ3n) is 12.7. The lowest BCUT2D eigenvalue weighted by atomic mass is 9.98. The summed E-state index contributed by atoms with van der Waals surface area (Å²) in [5.74, 6) is -0.696. The molecule has 11 nitrogen and oxygen atoms in total. The Bertz CT molecular complexity index is 944. The van der Waals surface area contributed by atoms with Crippen LogP contribution in [0.5, 0.6) is 0 Å². The van der Waals surface area contributed by atoms with Crippen LogP contribution in [0.3, 0.4) is 0 Å². The molecular formula is C49H97NO10. The van der Waals surface area contributed by atoms with Crippen LogP contribution in [-0.4, -0.2) is 110 Å². The number of hydrogen-bond acceptors (Lipinski definition) is 10. The van der Waals surface area contributed by atoms with Crippen molar-refractivity contribution >= 4 is 5.91 Å². The van der Waals surface area contributed by atoms with E-state index >= 15 is 0 Å². The zero-order valence-corrected chi connectivity index (χ0v) is 38.7. The van der Waals surface area contributed by atoms with Gasteiger partial charge in [-0.1, -0.05) is 226 Å². The van der Waals surface area contributed by atoms with E-state index in [0.717, 1.165) is 38.5 Å². The smallest absolute Gasteiger partial charge is 0.249 e. The first-order chi connectivity index (χ1) is 29.2. The minimum Gasteiger partial charge on any atom is -0.394 e. The quantitative estimate of drug-likeness (QED) is 0.0275. The van der Waals surface area contributed by atoms with Gasteiger partial charge in [0.25, 0.3) is 0 Å². The number of aliphatic hydroxyl groups excluding tert-OH is 7. The van der Waals surface area contributed by atoms with Crippen molar-refractivity contribution in [3.05, 3.63) is 0 Å². The zero-order chi connectivity index (χ0) is 44.1. The highest BCUT2D eigenvalue weighted by Gasteiger charge is 2.44. The summed E-state index contributed by atoms with van der Waals surface area (Å²) >= 11 is 0. The van der Waals surface area contributed by atoms with Gasteiger partial charge in [0.05, 0.1) is 25.4 Å². The topological polar surface area (TPSA) is 189 Å². The predicted octanol–water partition coefficient (Wildman–Crippen LogP) is 9.06. The third kappa shape index (κ3) is 28.7. The van der Waals surface area contributed by atoms with E-state index in [1.807, 2.05) is 0 Å². The number of nitrogens with one attached hydrogen (secondary N) is 1. The number of amides is 1. The molecule has 0 aromatic carbocycles. The molecule has 1 saturated heterocycles. The molecule has 0 spiro atoms. The van der Waals surface area contributed by atoms with Gasteiger partial charge < -0.3 is 50.5 Å². The molecule has 1 fully saturated rings. The van der Waals surface area contributed by atoms with Gasteiger partial charge in [-0.2, -0.15) is 0 Å². The van der Waals surface area contributed by atoms with Gasteiger partial charge in [-0.15, -0.1) is 0 Å². The fourth-order valence-electron chi connectivity index (χ4n) is 8.44. The summed E-state index contributed by atoms with van der Waals surface area (Å²) in [6.45, 7) is 3.43. The number of carbonyl (C=O) groups is 1. The van der Waals surface area contributed by atoms with E-state index in [9.17, 15) is 40.5 Å². The lowest BCUT2D eigenvalue weighted by molar-refractivity contribution is -0.303. The highest BCUT2D eigenvalue weighted by molar-refractivity contribution is 5.80. The molecule has 358 valence electrons. The van der Waals surface area contributed by atoms with Gasteiger partial charge >= 0.3 is 0 Å². The Morgan fingerprint density at radius 1 is 0.517 bits per heavy atom. The Balaban J connectivity index is 2.29. The van der Waals surface area contributed by atoms with Crippen LogP contribution in [0.4, 0.5) is 0 Å². The molecule has 1 amide bonds. The van der Waals surface area contributed by atoms with Crippen molar-refractivity contribution in [3.63, 3.8) is 0 Å². The summed E-state index contributed by atoms with van der Waals surface area (Å²) in [5, 5.41) is 75.6. The molecule has 0 bridgehead atoms. The molecule has 0 aliphatic carbocycles. The van der Waals surface area contributed by atoms with Gasteiger partial charge in [-0.05, 0) is 12.8 Å².